The topological polar surface area (TPSA) is 113 Å². The van der Waals surface area contributed by atoms with Crippen molar-refractivity contribution in [1.29, 1.82) is 0 Å². The van der Waals surface area contributed by atoms with Crippen LogP contribution >= 0.6 is 0 Å². The number of rotatable bonds is 3. The van der Waals surface area contributed by atoms with Crippen LogP contribution in [0.3, 0.4) is 0 Å². The molecule has 2 N–H and O–H groups in total. The van der Waals surface area contributed by atoms with E-state index in [4.69, 9.17) is 4.74 Å². The van der Waals surface area contributed by atoms with Crippen LogP contribution in [0, 0.1) is 6.92 Å². The molecule has 2 aromatic heterocycles. The standard InChI is InChI=1S/C26H27N5O4/c1-15-10-22-21(27-25(33)24-29-28-23(31(22)24)16-6-8-35-9-7-16)12-20(15)26(34)30-13-18-5-3-2-4-17(18)11-19(30)14-32/h2-5,10,12,16,19,32H,6-9,11,13-14H2,1H3,(H,27,33)/t19-/m0/s1. The first kappa shape index (κ1) is 21.9. The molecule has 1 amide bonds. The third-order valence-electron chi connectivity index (χ3n) is 7.37. The van der Waals surface area contributed by atoms with Gasteiger partial charge in [-0.2, -0.15) is 0 Å². The lowest BCUT2D eigenvalue weighted by molar-refractivity contribution is 0.0543. The number of nitrogens with zero attached hydrogens (tertiary/aromatic N) is 4. The molecule has 0 aliphatic carbocycles. The Morgan fingerprint density at radius 1 is 1.17 bits per heavy atom. The Balaban J connectivity index is 1.45. The molecule has 0 spiro atoms. The highest BCUT2D eigenvalue weighted by molar-refractivity contribution is 5.99. The van der Waals surface area contributed by atoms with E-state index in [1.165, 1.54) is 0 Å². The quantitative estimate of drug-likeness (QED) is 0.472. The highest BCUT2D eigenvalue weighted by atomic mass is 16.5. The number of amides is 1. The van der Waals surface area contributed by atoms with E-state index in [1.54, 1.807) is 11.0 Å². The summed E-state index contributed by atoms with van der Waals surface area (Å²) in [5.41, 5.74) is 4.78. The maximum Gasteiger partial charge on any atom is 0.294 e. The second-order valence-corrected chi connectivity index (χ2v) is 9.48. The zero-order valence-corrected chi connectivity index (χ0v) is 19.5. The van der Waals surface area contributed by atoms with Gasteiger partial charge in [-0.15, -0.1) is 10.2 Å². The van der Waals surface area contributed by atoms with Crippen molar-refractivity contribution in [1.82, 2.24) is 24.5 Å². The van der Waals surface area contributed by atoms with Crippen LogP contribution in [-0.2, 0) is 17.7 Å². The number of aromatic nitrogens is 4. The van der Waals surface area contributed by atoms with Gasteiger partial charge in [0.1, 0.15) is 5.82 Å². The van der Waals surface area contributed by atoms with Gasteiger partial charge in [0.2, 0.25) is 5.65 Å². The van der Waals surface area contributed by atoms with Crippen LogP contribution in [0.1, 0.15) is 51.6 Å². The molecule has 180 valence electrons. The molecular formula is C26H27N5O4. The molecule has 0 unspecified atom stereocenters. The summed E-state index contributed by atoms with van der Waals surface area (Å²) in [6.07, 6.45) is 2.25. The smallest absolute Gasteiger partial charge is 0.294 e. The van der Waals surface area contributed by atoms with E-state index in [-0.39, 0.29) is 35.7 Å². The predicted octanol–water partition coefficient (Wildman–Crippen LogP) is 2.33. The summed E-state index contributed by atoms with van der Waals surface area (Å²) < 4.78 is 7.33. The number of aryl methyl sites for hydroxylation is 1. The Hall–Kier alpha value is -3.56. The fourth-order valence-electron chi connectivity index (χ4n) is 5.43. The van der Waals surface area contributed by atoms with Gasteiger partial charge in [0.05, 0.1) is 23.7 Å². The van der Waals surface area contributed by atoms with E-state index in [0.717, 1.165) is 40.9 Å². The van der Waals surface area contributed by atoms with Crippen LogP contribution in [0.25, 0.3) is 16.7 Å². The van der Waals surface area contributed by atoms with Crippen molar-refractivity contribution in [3.05, 3.63) is 74.8 Å². The number of ether oxygens (including phenoxy) is 1. The molecule has 9 nitrogen and oxygen atoms in total. The largest absolute Gasteiger partial charge is 0.394 e. The molecule has 4 heterocycles. The van der Waals surface area contributed by atoms with Crippen LogP contribution < -0.4 is 5.56 Å². The number of carbonyl (C=O) groups excluding carboxylic acids is 1. The van der Waals surface area contributed by atoms with Crippen molar-refractivity contribution in [2.24, 2.45) is 0 Å². The van der Waals surface area contributed by atoms with Crippen LogP contribution in [0.2, 0.25) is 0 Å². The molecule has 1 fully saturated rings. The summed E-state index contributed by atoms with van der Waals surface area (Å²) in [5.74, 6) is 0.752. The van der Waals surface area contributed by atoms with Gasteiger partial charge in [-0.25, -0.2) is 0 Å². The number of fused-ring (bicyclic) bond motifs is 4. The van der Waals surface area contributed by atoms with Gasteiger partial charge in [-0.1, -0.05) is 24.3 Å². The molecule has 2 aliphatic rings. The van der Waals surface area contributed by atoms with Crippen molar-refractivity contribution in [2.75, 3.05) is 19.8 Å². The average molecular weight is 474 g/mol. The molecule has 9 heteroatoms. The van der Waals surface area contributed by atoms with E-state index < -0.39 is 0 Å². The average Bonchev–Trinajstić information content (AvgIpc) is 3.34. The van der Waals surface area contributed by atoms with Crippen LogP contribution in [0.15, 0.2) is 41.2 Å². The predicted molar refractivity (Wildman–Crippen MR) is 130 cm³/mol. The normalized spacial score (nSPS) is 18.8. The summed E-state index contributed by atoms with van der Waals surface area (Å²) in [6, 6.07) is 11.4. The van der Waals surface area contributed by atoms with Crippen LogP contribution in [-0.4, -0.2) is 61.4 Å². The van der Waals surface area contributed by atoms with E-state index in [1.807, 2.05) is 41.7 Å². The van der Waals surface area contributed by atoms with Crippen LogP contribution in [0.4, 0.5) is 0 Å². The molecule has 2 aliphatic heterocycles. The molecule has 1 atom stereocenters. The molecular weight excluding hydrogens is 446 g/mol. The minimum absolute atomic E-state index is 0.112. The van der Waals surface area contributed by atoms with Crippen molar-refractivity contribution in [2.45, 2.75) is 44.7 Å². The molecule has 4 aromatic rings. The Kier molecular flexibility index (Phi) is 5.38. The van der Waals surface area contributed by atoms with E-state index in [2.05, 4.69) is 15.2 Å². The number of carbonyl (C=O) groups is 1. The maximum absolute atomic E-state index is 13.7. The molecule has 35 heavy (non-hydrogen) atoms. The Morgan fingerprint density at radius 2 is 1.94 bits per heavy atom. The second-order valence-electron chi connectivity index (χ2n) is 9.48. The number of hydrogen-bond donors (Lipinski definition) is 2. The van der Waals surface area contributed by atoms with Gasteiger partial charge >= 0.3 is 0 Å². The van der Waals surface area contributed by atoms with Gasteiger partial charge in [0.15, 0.2) is 0 Å². The second kappa shape index (κ2) is 8.58. The minimum atomic E-state index is -0.342. The van der Waals surface area contributed by atoms with Crippen molar-refractivity contribution in [3.63, 3.8) is 0 Å². The lowest BCUT2D eigenvalue weighted by atomic mass is 9.93. The number of aromatic amines is 1. The Labute approximate surface area is 201 Å². The highest BCUT2D eigenvalue weighted by Crippen LogP contribution is 2.30. The van der Waals surface area contributed by atoms with Crippen molar-refractivity contribution in [3.8, 4) is 0 Å². The minimum Gasteiger partial charge on any atom is -0.394 e. The van der Waals surface area contributed by atoms with Gasteiger partial charge in [0, 0.05) is 31.2 Å². The monoisotopic (exact) mass is 473 g/mol. The Morgan fingerprint density at radius 3 is 2.71 bits per heavy atom. The van der Waals surface area contributed by atoms with Gasteiger partial charge in [-0.05, 0) is 55.0 Å². The molecule has 0 saturated carbocycles. The molecule has 2 aromatic carbocycles. The van der Waals surface area contributed by atoms with Gasteiger partial charge in [0.25, 0.3) is 11.5 Å². The van der Waals surface area contributed by atoms with Crippen molar-refractivity contribution < 1.29 is 14.6 Å². The fraction of sp³-hybridized carbons (Fsp3) is 0.385. The summed E-state index contributed by atoms with van der Waals surface area (Å²) in [5, 5.41) is 18.6. The molecule has 0 radical (unpaired) electrons. The number of benzene rings is 2. The summed E-state index contributed by atoms with van der Waals surface area (Å²) in [4.78, 5) is 31.2. The highest BCUT2D eigenvalue weighted by Gasteiger charge is 2.31. The van der Waals surface area contributed by atoms with Crippen LogP contribution in [0.5, 0.6) is 0 Å². The molecule has 1 saturated heterocycles. The third-order valence-corrected chi connectivity index (χ3v) is 7.37. The number of H-pyrrole nitrogens is 1. The number of nitrogens with one attached hydrogen (secondary N) is 1. The third kappa shape index (κ3) is 3.62. The van der Waals surface area contributed by atoms with E-state index in [9.17, 15) is 14.7 Å². The lowest BCUT2D eigenvalue weighted by Crippen LogP contribution is -2.46. The Bertz CT molecular complexity index is 1500. The van der Waals surface area contributed by atoms with E-state index >= 15 is 0 Å². The van der Waals surface area contributed by atoms with Gasteiger partial charge < -0.3 is 19.7 Å². The van der Waals surface area contributed by atoms with Gasteiger partial charge in [-0.3, -0.25) is 14.0 Å². The van der Waals surface area contributed by atoms with E-state index in [0.29, 0.717) is 37.3 Å². The summed E-state index contributed by atoms with van der Waals surface area (Å²) in [7, 11) is 0. The first-order chi connectivity index (χ1) is 17.0. The fourth-order valence-corrected chi connectivity index (χ4v) is 5.43. The van der Waals surface area contributed by atoms with Crippen molar-refractivity contribution >= 4 is 22.6 Å². The number of aliphatic hydroxyl groups is 1. The maximum atomic E-state index is 13.7. The summed E-state index contributed by atoms with van der Waals surface area (Å²) in [6.45, 7) is 3.53. The first-order valence-electron chi connectivity index (χ1n) is 12.0. The SMILES string of the molecule is Cc1cc2c(cc1C(=O)N1Cc3ccccc3C[C@H]1CO)[nH]c(=O)c1nnc(C3CCOCC3)n12. The zero-order chi connectivity index (χ0) is 24.1. The molecule has 0 bridgehead atoms. The lowest BCUT2D eigenvalue weighted by Gasteiger charge is -2.36. The zero-order valence-electron chi connectivity index (χ0n) is 19.5. The summed E-state index contributed by atoms with van der Waals surface area (Å²) >= 11 is 0. The first-order valence-corrected chi connectivity index (χ1v) is 12.0. The number of aliphatic hydroxyl groups excluding tert-OH is 1. The molecule has 6 rings (SSSR count). The number of hydrogen-bond acceptors (Lipinski definition) is 6.